The number of hydrogen-bond acceptors (Lipinski definition) is 2. The van der Waals surface area contributed by atoms with Crippen LogP contribution in [0.5, 0.6) is 0 Å². The molecule has 0 aromatic rings. The Hall–Kier alpha value is -1.32. The molecule has 3 N–H and O–H groups in total. The number of amides is 2. The third kappa shape index (κ3) is 2.92. The minimum atomic E-state index is -0.683. The predicted molar refractivity (Wildman–Crippen MR) is 71.7 cm³/mol. The van der Waals surface area contributed by atoms with Crippen LogP contribution in [-0.2, 0) is 9.59 Å². The van der Waals surface area contributed by atoms with E-state index in [9.17, 15) is 9.59 Å². The van der Waals surface area contributed by atoms with Gasteiger partial charge in [-0.25, -0.2) is 0 Å². The lowest BCUT2D eigenvalue weighted by molar-refractivity contribution is -0.142. The maximum Gasteiger partial charge on any atom is 0.224 e. The van der Waals surface area contributed by atoms with E-state index >= 15 is 0 Å². The highest BCUT2D eigenvalue weighted by atomic mass is 16.2. The molecule has 18 heavy (non-hydrogen) atoms. The molecule has 0 aromatic carbocycles. The van der Waals surface area contributed by atoms with Gasteiger partial charge in [-0.3, -0.25) is 9.59 Å². The first-order valence-corrected chi connectivity index (χ1v) is 6.60. The SMILES string of the molecule is C=C(C)CC(C(=O)NC)C1(C(N)=O)CCCCC1. The summed E-state index contributed by atoms with van der Waals surface area (Å²) in [5.74, 6) is -0.812. The fraction of sp³-hybridized carbons (Fsp3) is 0.714. The van der Waals surface area contributed by atoms with Gasteiger partial charge in [0.15, 0.2) is 0 Å². The summed E-state index contributed by atoms with van der Waals surface area (Å²) in [6.45, 7) is 5.75. The summed E-state index contributed by atoms with van der Waals surface area (Å²) >= 11 is 0. The second-order valence-electron chi connectivity index (χ2n) is 5.41. The van der Waals surface area contributed by atoms with Crippen molar-refractivity contribution in [2.75, 3.05) is 7.05 Å². The summed E-state index contributed by atoms with van der Waals surface area (Å²) in [5, 5.41) is 2.66. The van der Waals surface area contributed by atoms with E-state index in [0.29, 0.717) is 19.3 Å². The largest absolute Gasteiger partial charge is 0.369 e. The maximum absolute atomic E-state index is 12.1. The van der Waals surface area contributed by atoms with Crippen molar-refractivity contribution in [1.82, 2.24) is 5.32 Å². The van der Waals surface area contributed by atoms with Crippen molar-refractivity contribution < 1.29 is 9.59 Å². The molecular formula is C14H24N2O2. The summed E-state index contributed by atoms with van der Waals surface area (Å²) in [6.07, 6.45) is 5.01. The standard InChI is InChI=1S/C14H24N2O2/c1-10(2)9-11(12(17)16-3)14(13(15)18)7-5-4-6-8-14/h11H,1,4-9H2,2-3H3,(H2,15,18)(H,16,17). The third-order valence-electron chi connectivity index (χ3n) is 4.02. The van der Waals surface area contributed by atoms with Gasteiger partial charge >= 0.3 is 0 Å². The normalized spacial score (nSPS) is 19.9. The number of nitrogens with one attached hydrogen (secondary N) is 1. The van der Waals surface area contributed by atoms with Crippen molar-refractivity contribution in [3.8, 4) is 0 Å². The van der Waals surface area contributed by atoms with Crippen molar-refractivity contribution in [2.45, 2.75) is 45.4 Å². The van der Waals surface area contributed by atoms with E-state index in [0.717, 1.165) is 24.8 Å². The van der Waals surface area contributed by atoms with Crippen LogP contribution >= 0.6 is 0 Å². The van der Waals surface area contributed by atoms with Crippen LogP contribution in [0.25, 0.3) is 0 Å². The van der Waals surface area contributed by atoms with E-state index in [-0.39, 0.29) is 17.7 Å². The van der Waals surface area contributed by atoms with Crippen LogP contribution in [0.2, 0.25) is 0 Å². The van der Waals surface area contributed by atoms with Gasteiger partial charge in [0.05, 0.1) is 11.3 Å². The first kappa shape index (κ1) is 14.7. The lowest BCUT2D eigenvalue weighted by atomic mass is 9.63. The molecule has 102 valence electrons. The Bertz CT molecular complexity index is 344. The first-order valence-electron chi connectivity index (χ1n) is 6.60. The molecule has 0 spiro atoms. The molecule has 1 aliphatic carbocycles. The van der Waals surface area contributed by atoms with E-state index < -0.39 is 5.41 Å². The number of carbonyl (C=O) groups excluding carboxylic acids is 2. The zero-order valence-electron chi connectivity index (χ0n) is 11.4. The number of carbonyl (C=O) groups is 2. The first-order chi connectivity index (χ1) is 8.44. The molecule has 1 fully saturated rings. The van der Waals surface area contributed by atoms with Crippen molar-refractivity contribution >= 4 is 11.8 Å². The van der Waals surface area contributed by atoms with Crippen molar-refractivity contribution in [3.63, 3.8) is 0 Å². The summed E-state index contributed by atoms with van der Waals surface area (Å²) < 4.78 is 0. The van der Waals surface area contributed by atoms with E-state index in [4.69, 9.17) is 5.73 Å². The average Bonchev–Trinajstić information content (AvgIpc) is 2.35. The van der Waals surface area contributed by atoms with Gasteiger partial charge in [-0.05, 0) is 26.2 Å². The number of hydrogen-bond donors (Lipinski definition) is 2. The van der Waals surface area contributed by atoms with Gasteiger partial charge < -0.3 is 11.1 Å². The molecule has 0 aromatic heterocycles. The van der Waals surface area contributed by atoms with Crippen molar-refractivity contribution in [3.05, 3.63) is 12.2 Å². The molecule has 2 amide bonds. The molecule has 0 heterocycles. The lowest BCUT2D eigenvalue weighted by Crippen LogP contribution is -2.50. The molecule has 0 aliphatic heterocycles. The molecular weight excluding hydrogens is 228 g/mol. The van der Waals surface area contributed by atoms with Crippen LogP contribution in [0, 0.1) is 11.3 Å². The molecule has 1 saturated carbocycles. The zero-order valence-corrected chi connectivity index (χ0v) is 11.4. The van der Waals surface area contributed by atoms with Gasteiger partial charge in [0.2, 0.25) is 11.8 Å². The minimum absolute atomic E-state index is 0.0984. The van der Waals surface area contributed by atoms with Gasteiger partial charge in [-0.1, -0.05) is 24.8 Å². The molecule has 0 radical (unpaired) electrons. The van der Waals surface area contributed by atoms with Gasteiger partial charge in [0, 0.05) is 7.05 Å². The van der Waals surface area contributed by atoms with Gasteiger partial charge in [0.25, 0.3) is 0 Å². The third-order valence-corrected chi connectivity index (χ3v) is 4.02. The van der Waals surface area contributed by atoms with E-state index in [1.807, 2.05) is 6.92 Å². The minimum Gasteiger partial charge on any atom is -0.369 e. The number of nitrogens with two attached hydrogens (primary N) is 1. The predicted octanol–water partition coefficient (Wildman–Crippen LogP) is 1.75. The van der Waals surface area contributed by atoms with Crippen molar-refractivity contribution in [1.29, 1.82) is 0 Å². The van der Waals surface area contributed by atoms with Crippen LogP contribution in [0.1, 0.15) is 45.4 Å². The molecule has 1 atom stereocenters. The number of allylic oxidation sites excluding steroid dienone is 1. The molecule has 0 saturated heterocycles. The second-order valence-corrected chi connectivity index (χ2v) is 5.41. The summed E-state index contributed by atoms with van der Waals surface area (Å²) in [7, 11) is 1.60. The highest BCUT2D eigenvalue weighted by Gasteiger charge is 2.47. The summed E-state index contributed by atoms with van der Waals surface area (Å²) in [4.78, 5) is 24.0. The Balaban J connectivity index is 3.07. The fourth-order valence-corrected chi connectivity index (χ4v) is 3.01. The number of primary amides is 1. The summed E-state index contributed by atoms with van der Waals surface area (Å²) in [5.41, 5.74) is 5.85. The smallest absolute Gasteiger partial charge is 0.224 e. The molecule has 0 bridgehead atoms. The van der Waals surface area contributed by atoms with Crippen LogP contribution in [0.3, 0.4) is 0 Å². The molecule has 4 nitrogen and oxygen atoms in total. The highest BCUT2D eigenvalue weighted by Crippen LogP contribution is 2.44. The van der Waals surface area contributed by atoms with E-state index in [1.54, 1.807) is 7.05 Å². The lowest BCUT2D eigenvalue weighted by Gasteiger charge is -2.40. The molecule has 1 unspecified atom stereocenters. The molecule has 1 rings (SSSR count). The Kier molecular flexibility index (Phi) is 4.93. The Morgan fingerprint density at radius 2 is 1.89 bits per heavy atom. The Morgan fingerprint density at radius 3 is 2.28 bits per heavy atom. The van der Waals surface area contributed by atoms with Gasteiger partial charge in [0.1, 0.15) is 0 Å². The summed E-state index contributed by atoms with van der Waals surface area (Å²) in [6, 6.07) is 0. The van der Waals surface area contributed by atoms with Crippen LogP contribution in [0.4, 0.5) is 0 Å². The average molecular weight is 252 g/mol. The monoisotopic (exact) mass is 252 g/mol. The fourth-order valence-electron chi connectivity index (χ4n) is 3.01. The van der Waals surface area contributed by atoms with Crippen molar-refractivity contribution in [2.24, 2.45) is 17.1 Å². The van der Waals surface area contributed by atoms with Crippen LogP contribution in [0.15, 0.2) is 12.2 Å². The van der Waals surface area contributed by atoms with Gasteiger partial charge in [-0.2, -0.15) is 0 Å². The highest BCUT2D eigenvalue weighted by molar-refractivity contribution is 5.90. The quantitative estimate of drug-likeness (QED) is 0.732. The van der Waals surface area contributed by atoms with Crippen LogP contribution in [-0.4, -0.2) is 18.9 Å². The number of rotatable bonds is 5. The topological polar surface area (TPSA) is 72.2 Å². The van der Waals surface area contributed by atoms with E-state index in [2.05, 4.69) is 11.9 Å². The molecule has 1 aliphatic rings. The Morgan fingerprint density at radius 1 is 1.33 bits per heavy atom. The van der Waals surface area contributed by atoms with Gasteiger partial charge in [-0.15, -0.1) is 6.58 Å². The maximum atomic E-state index is 12.1. The second kappa shape index (κ2) is 6.03. The zero-order chi connectivity index (χ0) is 13.8. The Labute approximate surface area is 109 Å². The molecule has 4 heteroatoms. The van der Waals surface area contributed by atoms with Crippen LogP contribution < -0.4 is 11.1 Å². The van der Waals surface area contributed by atoms with E-state index in [1.165, 1.54) is 0 Å².